The Labute approximate surface area is 105 Å². The number of rotatable bonds is 5. The second kappa shape index (κ2) is 6.48. The van der Waals surface area contributed by atoms with Gasteiger partial charge in [-0.2, -0.15) is 0 Å². The number of carboxylic acids is 1. The number of nitrogens with one attached hydrogen (secondary N) is 2. The first-order valence-corrected chi connectivity index (χ1v) is 5.49. The maximum absolute atomic E-state index is 11.4. The van der Waals surface area contributed by atoms with Gasteiger partial charge in [-0.25, -0.2) is 9.59 Å². The fraction of sp³-hybridized carbons (Fsp3) is 0.333. The second-order valence-corrected chi connectivity index (χ2v) is 3.96. The lowest BCUT2D eigenvalue weighted by Gasteiger charge is -2.11. The molecule has 1 aromatic carbocycles. The van der Waals surface area contributed by atoms with Crippen LogP contribution in [0.15, 0.2) is 24.3 Å². The van der Waals surface area contributed by atoms with Crippen molar-refractivity contribution in [1.82, 2.24) is 5.32 Å². The second-order valence-electron chi connectivity index (χ2n) is 3.96. The number of hydrogen-bond donors (Lipinski definition) is 3. The molecule has 6 heteroatoms. The van der Waals surface area contributed by atoms with Crippen molar-refractivity contribution in [3.05, 3.63) is 24.3 Å². The minimum absolute atomic E-state index is 0.0384. The minimum atomic E-state index is -1.05. The molecular weight excluding hydrogens is 236 g/mol. The first kappa shape index (κ1) is 13.8. The van der Waals surface area contributed by atoms with Gasteiger partial charge in [0.25, 0.3) is 0 Å². The SMILES string of the molecule is CC(C)NC(=O)Nc1cccc(OCC(=O)O)c1. The Bertz CT molecular complexity index is 432. The van der Waals surface area contributed by atoms with Crippen molar-refractivity contribution in [1.29, 1.82) is 0 Å². The van der Waals surface area contributed by atoms with Crippen molar-refractivity contribution in [2.24, 2.45) is 0 Å². The van der Waals surface area contributed by atoms with Crippen LogP contribution in [0.3, 0.4) is 0 Å². The van der Waals surface area contributed by atoms with Gasteiger partial charge in [-0.3, -0.25) is 0 Å². The predicted octanol–water partition coefficient (Wildman–Crippen LogP) is 1.68. The topological polar surface area (TPSA) is 87.7 Å². The number of carboxylic acid groups (broad SMARTS) is 1. The van der Waals surface area contributed by atoms with Gasteiger partial charge in [0.05, 0.1) is 0 Å². The van der Waals surface area contributed by atoms with Gasteiger partial charge < -0.3 is 20.5 Å². The molecule has 1 rings (SSSR count). The first-order valence-electron chi connectivity index (χ1n) is 5.49. The molecule has 0 heterocycles. The van der Waals surface area contributed by atoms with Crippen LogP contribution in [0.25, 0.3) is 0 Å². The van der Waals surface area contributed by atoms with Crippen molar-refractivity contribution in [2.75, 3.05) is 11.9 Å². The van der Waals surface area contributed by atoms with Crippen LogP contribution >= 0.6 is 0 Å². The number of amides is 2. The summed E-state index contributed by atoms with van der Waals surface area (Å²) in [6.07, 6.45) is 0. The molecule has 0 aromatic heterocycles. The van der Waals surface area contributed by atoms with Crippen LogP contribution in [-0.2, 0) is 4.79 Å². The average molecular weight is 252 g/mol. The van der Waals surface area contributed by atoms with E-state index in [1.807, 2.05) is 13.8 Å². The molecule has 0 atom stereocenters. The van der Waals surface area contributed by atoms with Gasteiger partial charge in [-0.05, 0) is 26.0 Å². The molecule has 0 saturated carbocycles. The molecule has 0 aliphatic heterocycles. The highest BCUT2D eigenvalue weighted by molar-refractivity contribution is 5.89. The zero-order valence-corrected chi connectivity index (χ0v) is 10.3. The van der Waals surface area contributed by atoms with Crippen LogP contribution in [0, 0.1) is 0 Å². The normalized spacial score (nSPS) is 9.94. The van der Waals surface area contributed by atoms with E-state index in [-0.39, 0.29) is 12.1 Å². The molecule has 0 aliphatic rings. The summed E-state index contributed by atoms with van der Waals surface area (Å²) < 4.78 is 5.00. The summed E-state index contributed by atoms with van der Waals surface area (Å²) in [6.45, 7) is 3.29. The molecule has 0 aliphatic carbocycles. The van der Waals surface area contributed by atoms with Gasteiger partial charge in [-0.1, -0.05) is 6.07 Å². The lowest BCUT2D eigenvalue weighted by molar-refractivity contribution is -0.139. The van der Waals surface area contributed by atoms with Gasteiger partial charge in [0.2, 0.25) is 0 Å². The summed E-state index contributed by atoms with van der Waals surface area (Å²) in [7, 11) is 0. The molecule has 0 unspecified atom stereocenters. The Hall–Kier alpha value is -2.24. The average Bonchev–Trinajstić information content (AvgIpc) is 2.25. The van der Waals surface area contributed by atoms with Crippen molar-refractivity contribution in [2.45, 2.75) is 19.9 Å². The van der Waals surface area contributed by atoms with E-state index < -0.39 is 12.6 Å². The van der Waals surface area contributed by atoms with Gasteiger partial charge in [0.15, 0.2) is 6.61 Å². The zero-order chi connectivity index (χ0) is 13.5. The summed E-state index contributed by atoms with van der Waals surface area (Å²) >= 11 is 0. The zero-order valence-electron chi connectivity index (χ0n) is 10.3. The third-order valence-corrected chi connectivity index (χ3v) is 1.87. The van der Waals surface area contributed by atoms with Crippen LogP contribution in [-0.4, -0.2) is 29.8 Å². The highest BCUT2D eigenvalue weighted by Gasteiger charge is 2.05. The lowest BCUT2D eigenvalue weighted by Crippen LogP contribution is -2.34. The summed E-state index contributed by atoms with van der Waals surface area (Å²) in [5.41, 5.74) is 0.538. The first-order chi connectivity index (χ1) is 8.47. The van der Waals surface area contributed by atoms with Crippen LogP contribution in [0.5, 0.6) is 5.75 Å². The number of benzene rings is 1. The molecule has 1 aromatic rings. The summed E-state index contributed by atoms with van der Waals surface area (Å²) in [4.78, 5) is 21.8. The van der Waals surface area contributed by atoms with Crippen molar-refractivity contribution < 1.29 is 19.4 Å². The van der Waals surface area contributed by atoms with E-state index in [1.165, 1.54) is 0 Å². The van der Waals surface area contributed by atoms with Crippen molar-refractivity contribution in [3.8, 4) is 5.75 Å². The molecule has 2 amide bonds. The lowest BCUT2D eigenvalue weighted by atomic mass is 10.3. The van der Waals surface area contributed by atoms with Gasteiger partial charge in [0, 0.05) is 17.8 Å². The largest absolute Gasteiger partial charge is 0.482 e. The fourth-order valence-corrected chi connectivity index (χ4v) is 1.24. The van der Waals surface area contributed by atoms with Gasteiger partial charge >= 0.3 is 12.0 Å². The van der Waals surface area contributed by atoms with E-state index in [9.17, 15) is 9.59 Å². The molecule has 0 spiro atoms. The Morgan fingerprint density at radius 3 is 2.72 bits per heavy atom. The van der Waals surface area contributed by atoms with Crippen LogP contribution < -0.4 is 15.4 Å². The number of carbonyl (C=O) groups is 2. The molecule has 0 bridgehead atoms. The van der Waals surface area contributed by atoms with E-state index >= 15 is 0 Å². The third-order valence-electron chi connectivity index (χ3n) is 1.87. The fourth-order valence-electron chi connectivity index (χ4n) is 1.24. The van der Waals surface area contributed by atoms with Crippen LogP contribution in [0.4, 0.5) is 10.5 Å². The predicted molar refractivity (Wildman–Crippen MR) is 66.9 cm³/mol. The third kappa shape index (κ3) is 5.20. The maximum atomic E-state index is 11.4. The van der Waals surface area contributed by atoms with E-state index in [2.05, 4.69) is 10.6 Å². The summed E-state index contributed by atoms with van der Waals surface area (Å²) in [5.74, 6) is -0.661. The van der Waals surface area contributed by atoms with E-state index in [4.69, 9.17) is 9.84 Å². The molecule has 0 fully saturated rings. The van der Waals surface area contributed by atoms with E-state index in [0.717, 1.165) is 0 Å². The number of aliphatic carboxylic acids is 1. The Kier molecular flexibility index (Phi) is 4.98. The Morgan fingerprint density at radius 2 is 2.11 bits per heavy atom. The van der Waals surface area contributed by atoms with Crippen molar-refractivity contribution in [3.63, 3.8) is 0 Å². The highest BCUT2D eigenvalue weighted by atomic mass is 16.5. The smallest absolute Gasteiger partial charge is 0.341 e. The van der Waals surface area contributed by atoms with Crippen LogP contribution in [0.2, 0.25) is 0 Å². The maximum Gasteiger partial charge on any atom is 0.341 e. The van der Waals surface area contributed by atoms with Crippen LogP contribution in [0.1, 0.15) is 13.8 Å². The molecular formula is C12H16N2O4. The molecule has 0 radical (unpaired) electrons. The Balaban J connectivity index is 2.59. The molecule has 0 saturated heterocycles. The molecule has 98 valence electrons. The quantitative estimate of drug-likeness (QED) is 0.744. The van der Waals surface area contributed by atoms with Gasteiger partial charge in [0.1, 0.15) is 5.75 Å². The summed E-state index contributed by atoms with van der Waals surface area (Å²) in [6, 6.07) is 6.25. The summed E-state index contributed by atoms with van der Waals surface area (Å²) in [5, 5.41) is 13.8. The highest BCUT2D eigenvalue weighted by Crippen LogP contribution is 2.17. The minimum Gasteiger partial charge on any atom is -0.482 e. The number of anilines is 1. The Morgan fingerprint density at radius 1 is 1.39 bits per heavy atom. The van der Waals surface area contributed by atoms with E-state index in [0.29, 0.717) is 11.4 Å². The van der Waals surface area contributed by atoms with Crippen molar-refractivity contribution >= 4 is 17.7 Å². The number of hydrogen-bond acceptors (Lipinski definition) is 3. The number of urea groups is 1. The molecule has 3 N–H and O–H groups in total. The monoisotopic (exact) mass is 252 g/mol. The van der Waals surface area contributed by atoms with Gasteiger partial charge in [-0.15, -0.1) is 0 Å². The van der Waals surface area contributed by atoms with E-state index in [1.54, 1.807) is 24.3 Å². The molecule has 18 heavy (non-hydrogen) atoms. The number of carbonyl (C=O) groups excluding carboxylic acids is 1. The standard InChI is InChI=1S/C12H16N2O4/c1-8(2)13-12(17)14-9-4-3-5-10(6-9)18-7-11(15)16/h3-6,8H,7H2,1-2H3,(H,15,16)(H2,13,14,17). The molecule has 6 nitrogen and oxygen atoms in total. The number of ether oxygens (including phenoxy) is 1.